The highest BCUT2D eigenvalue weighted by Gasteiger charge is 2.37. The summed E-state index contributed by atoms with van der Waals surface area (Å²) in [5.41, 5.74) is 6.74. The van der Waals surface area contributed by atoms with Gasteiger partial charge in [0, 0.05) is 18.0 Å². The average molecular weight is 346 g/mol. The molecule has 2 heterocycles. The molecule has 1 saturated heterocycles. The maximum absolute atomic E-state index is 12.6. The number of benzene rings is 1. The van der Waals surface area contributed by atoms with Gasteiger partial charge in [-0.05, 0) is 37.9 Å². The highest BCUT2D eigenvalue weighted by molar-refractivity contribution is 7.88. The van der Waals surface area contributed by atoms with Gasteiger partial charge in [-0.15, -0.1) is 12.4 Å². The minimum absolute atomic E-state index is 0. The van der Waals surface area contributed by atoms with Gasteiger partial charge in [0.2, 0.25) is 10.0 Å². The molecule has 3 rings (SSSR count). The fraction of sp³-hybridized carbons (Fsp3) is 0.500. The van der Waals surface area contributed by atoms with Gasteiger partial charge >= 0.3 is 0 Å². The fourth-order valence-electron chi connectivity index (χ4n) is 2.97. The topological polar surface area (TPSA) is 89.4 Å². The lowest BCUT2D eigenvalue weighted by atomic mass is 10.1. The average Bonchev–Trinajstić information content (AvgIpc) is 3.03. The van der Waals surface area contributed by atoms with Gasteiger partial charge in [-0.3, -0.25) is 0 Å². The molecule has 2 atom stereocenters. The zero-order valence-corrected chi connectivity index (χ0v) is 13.9. The molecule has 0 aliphatic carbocycles. The Balaban J connectivity index is 0.00000176. The number of fused-ring (bicyclic) bond motifs is 1. The lowest BCUT2D eigenvalue weighted by Gasteiger charge is -2.20. The molecule has 22 heavy (non-hydrogen) atoms. The first-order valence-corrected chi connectivity index (χ1v) is 8.65. The Bertz CT molecular complexity index is 747. The number of halogens is 1. The zero-order chi connectivity index (χ0) is 15.0. The summed E-state index contributed by atoms with van der Waals surface area (Å²) in [4.78, 5) is 0. The normalized spacial score (nSPS) is 22.8. The number of rotatable bonds is 4. The van der Waals surface area contributed by atoms with E-state index < -0.39 is 10.0 Å². The molecule has 0 spiro atoms. The van der Waals surface area contributed by atoms with Crippen LogP contribution in [-0.2, 0) is 15.8 Å². The van der Waals surface area contributed by atoms with Crippen molar-refractivity contribution in [2.45, 2.75) is 25.1 Å². The number of sulfonamides is 1. The first-order valence-electron chi connectivity index (χ1n) is 7.04. The minimum Gasteiger partial charge on any atom is -0.356 e. The smallest absolute Gasteiger partial charge is 0.220 e. The van der Waals surface area contributed by atoms with E-state index in [1.54, 1.807) is 10.4 Å². The second-order valence-corrected chi connectivity index (χ2v) is 7.56. The molecule has 8 heteroatoms. The van der Waals surface area contributed by atoms with E-state index in [1.807, 2.05) is 25.1 Å². The van der Waals surface area contributed by atoms with Gasteiger partial charge in [0.15, 0.2) is 5.58 Å². The van der Waals surface area contributed by atoms with Crippen molar-refractivity contribution in [1.82, 2.24) is 9.46 Å². The SMILES string of the molecule is CC1CC(CN)CN1S(=O)(=O)Cc1noc2ccccc12.Cl. The van der Waals surface area contributed by atoms with Crippen LogP contribution in [0.15, 0.2) is 28.8 Å². The van der Waals surface area contributed by atoms with E-state index in [9.17, 15) is 8.42 Å². The summed E-state index contributed by atoms with van der Waals surface area (Å²) >= 11 is 0. The molecule has 0 amide bonds. The second-order valence-electron chi connectivity index (χ2n) is 5.64. The van der Waals surface area contributed by atoms with E-state index >= 15 is 0 Å². The van der Waals surface area contributed by atoms with Crippen LogP contribution in [0.25, 0.3) is 11.0 Å². The van der Waals surface area contributed by atoms with Gasteiger partial charge in [-0.1, -0.05) is 17.3 Å². The Hall–Kier alpha value is -1.15. The third-order valence-electron chi connectivity index (χ3n) is 4.07. The Morgan fingerprint density at radius 2 is 2.14 bits per heavy atom. The first-order chi connectivity index (χ1) is 10.0. The summed E-state index contributed by atoms with van der Waals surface area (Å²) in [5.74, 6) is 0.106. The standard InChI is InChI=1S/C14H19N3O3S.ClH/c1-10-6-11(7-15)8-17(10)21(18,19)9-13-12-4-2-3-5-14(12)20-16-13;/h2-5,10-11H,6-9,15H2,1H3;1H. The Morgan fingerprint density at radius 3 is 2.82 bits per heavy atom. The number of hydrogen-bond donors (Lipinski definition) is 1. The maximum atomic E-state index is 12.6. The molecule has 2 N–H and O–H groups in total. The van der Waals surface area contributed by atoms with Crippen LogP contribution < -0.4 is 5.73 Å². The van der Waals surface area contributed by atoms with Crippen LogP contribution >= 0.6 is 12.4 Å². The summed E-state index contributed by atoms with van der Waals surface area (Å²) in [7, 11) is -3.41. The van der Waals surface area contributed by atoms with Crippen LogP contribution in [0.3, 0.4) is 0 Å². The number of para-hydroxylation sites is 1. The molecule has 0 radical (unpaired) electrons. The summed E-state index contributed by atoms with van der Waals surface area (Å²) < 4.78 is 32.0. The van der Waals surface area contributed by atoms with Crippen LogP contribution in [0, 0.1) is 5.92 Å². The highest BCUT2D eigenvalue weighted by atomic mass is 35.5. The number of nitrogens with two attached hydrogens (primary N) is 1. The number of nitrogens with zero attached hydrogens (tertiary/aromatic N) is 2. The van der Waals surface area contributed by atoms with Crippen molar-refractivity contribution in [1.29, 1.82) is 0 Å². The van der Waals surface area contributed by atoms with E-state index in [4.69, 9.17) is 10.3 Å². The van der Waals surface area contributed by atoms with Crippen LogP contribution in [-0.4, -0.2) is 37.0 Å². The Kier molecular flexibility index (Phi) is 5.11. The quantitative estimate of drug-likeness (QED) is 0.911. The molecule has 1 fully saturated rings. The van der Waals surface area contributed by atoms with Crippen molar-refractivity contribution in [3.8, 4) is 0 Å². The molecule has 2 aromatic rings. The van der Waals surface area contributed by atoms with Crippen LogP contribution in [0.5, 0.6) is 0 Å². The van der Waals surface area contributed by atoms with Gasteiger partial charge in [-0.2, -0.15) is 4.31 Å². The summed E-state index contributed by atoms with van der Waals surface area (Å²) in [6.45, 7) is 2.94. The Morgan fingerprint density at radius 1 is 1.41 bits per heavy atom. The fourth-order valence-corrected chi connectivity index (χ4v) is 4.76. The molecule has 1 aliphatic heterocycles. The first kappa shape index (κ1) is 17.2. The van der Waals surface area contributed by atoms with Crippen molar-refractivity contribution < 1.29 is 12.9 Å². The lowest BCUT2D eigenvalue weighted by Crippen LogP contribution is -2.35. The predicted octanol–water partition coefficient (Wildman–Crippen LogP) is 1.75. The lowest BCUT2D eigenvalue weighted by molar-refractivity contribution is 0.401. The van der Waals surface area contributed by atoms with Crippen molar-refractivity contribution in [3.63, 3.8) is 0 Å². The highest BCUT2D eigenvalue weighted by Crippen LogP contribution is 2.28. The molecule has 2 unspecified atom stereocenters. The van der Waals surface area contributed by atoms with Crippen LogP contribution in [0.4, 0.5) is 0 Å². The number of hydrogen-bond acceptors (Lipinski definition) is 5. The van der Waals surface area contributed by atoms with Crippen LogP contribution in [0.1, 0.15) is 19.0 Å². The third kappa shape index (κ3) is 3.12. The largest absolute Gasteiger partial charge is 0.356 e. The molecule has 122 valence electrons. The van der Waals surface area contributed by atoms with Gasteiger partial charge in [0.1, 0.15) is 11.4 Å². The maximum Gasteiger partial charge on any atom is 0.220 e. The summed E-state index contributed by atoms with van der Waals surface area (Å²) in [6, 6.07) is 7.27. The van der Waals surface area contributed by atoms with Crippen molar-refractivity contribution in [3.05, 3.63) is 30.0 Å². The summed E-state index contributed by atoms with van der Waals surface area (Å²) in [5, 5.41) is 4.66. The minimum atomic E-state index is -3.41. The predicted molar refractivity (Wildman–Crippen MR) is 87.2 cm³/mol. The number of aromatic nitrogens is 1. The molecule has 0 bridgehead atoms. The van der Waals surface area contributed by atoms with Crippen molar-refractivity contribution >= 4 is 33.4 Å². The molecule has 6 nitrogen and oxygen atoms in total. The molecule has 1 aliphatic rings. The van der Waals surface area contributed by atoms with E-state index in [0.717, 1.165) is 11.8 Å². The molecule has 0 saturated carbocycles. The van der Waals surface area contributed by atoms with E-state index in [-0.39, 0.29) is 30.1 Å². The monoisotopic (exact) mass is 345 g/mol. The van der Waals surface area contributed by atoms with E-state index in [0.29, 0.717) is 24.4 Å². The van der Waals surface area contributed by atoms with Gasteiger partial charge in [-0.25, -0.2) is 8.42 Å². The van der Waals surface area contributed by atoms with Gasteiger partial charge in [0.05, 0.1) is 0 Å². The Labute approximate surface area is 136 Å². The molecule has 1 aromatic heterocycles. The third-order valence-corrected chi connectivity index (χ3v) is 5.93. The molecule has 1 aromatic carbocycles. The van der Waals surface area contributed by atoms with Gasteiger partial charge < -0.3 is 10.3 Å². The van der Waals surface area contributed by atoms with E-state index in [2.05, 4.69) is 5.16 Å². The molecular weight excluding hydrogens is 326 g/mol. The van der Waals surface area contributed by atoms with Crippen LogP contribution in [0.2, 0.25) is 0 Å². The molecular formula is C14H20ClN3O3S. The van der Waals surface area contributed by atoms with Crippen molar-refractivity contribution in [2.24, 2.45) is 11.7 Å². The second kappa shape index (κ2) is 6.54. The van der Waals surface area contributed by atoms with Crippen molar-refractivity contribution in [2.75, 3.05) is 13.1 Å². The van der Waals surface area contributed by atoms with E-state index in [1.165, 1.54) is 0 Å². The summed E-state index contributed by atoms with van der Waals surface area (Å²) in [6.07, 6.45) is 0.815. The zero-order valence-electron chi connectivity index (χ0n) is 12.3. The van der Waals surface area contributed by atoms with Gasteiger partial charge in [0.25, 0.3) is 0 Å².